The number of ether oxygens (including phenoxy) is 1. The zero-order chi connectivity index (χ0) is 18.5. The van der Waals surface area contributed by atoms with Crippen molar-refractivity contribution in [2.24, 2.45) is 17.8 Å². The van der Waals surface area contributed by atoms with Gasteiger partial charge in [0.15, 0.2) is 0 Å². The van der Waals surface area contributed by atoms with Gasteiger partial charge in [-0.3, -0.25) is 0 Å². The SMILES string of the molecule is CCCCCCCCC1CCC(C2CCC(OCCCCC)CC2)CC1. The summed E-state index contributed by atoms with van der Waals surface area (Å²) in [5.41, 5.74) is 0. The molecule has 0 radical (unpaired) electrons. The Bertz CT molecular complexity index is 310. The van der Waals surface area contributed by atoms with Gasteiger partial charge in [0.25, 0.3) is 0 Å². The predicted molar refractivity (Wildman–Crippen MR) is 115 cm³/mol. The third kappa shape index (κ3) is 8.77. The van der Waals surface area contributed by atoms with Crippen molar-refractivity contribution in [3.8, 4) is 0 Å². The van der Waals surface area contributed by atoms with E-state index in [1.165, 1.54) is 116 Å². The first-order chi connectivity index (χ1) is 12.8. The average Bonchev–Trinajstić information content (AvgIpc) is 2.69. The summed E-state index contributed by atoms with van der Waals surface area (Å²) < 4.78 is 6.12. The van der Waals surface area contributed by atoms with Crippen LogP contribution in [0.1, 0.15) is 129 Å². The molecular weight excluding hydrogens is 316 g/mol. The zero-order valence-corrected chi connectivity index (χ0v) is 18.2. The highest BCUT2D eigenvalue weighted by atomic mass is 16.5. The minimum atomic E-state index is 0.590. The molecule has 0 aliphatic heterocycles. The van der Waals surface area contributed by atoms with Gasteiger partial charge in [0.1, 0.15) is 0 Å². The van der Waals surface area contributed by atoms with Crippen molar-refractivity contribution in [3.63, 3.8) is 0 Å². The van der Waals surface area contributed by atoms with E-state index in [1.54, 1.807) is 0 Å². The lowest BCUT2D eigenvalue weighted by atomic mass is 9.70. The molecule has 0 aromatic heterocycles. The molecule has 0 saturated heterocycles. The van der Waals surface area contributed by atoms with Gasteiger partial charge in [-0.25, -0.2) is 0 Å². The number of rotatable bonds is 13. The second-order valence-corrected chi connectivity index (χ2v) is 9.45. The van der Waals surface area contributed by atoms with E-state index in [2.05, 4.69) is 13.8 Å². The maximum atomic E-state index is 6.12. The van der Waals surface area contributed by atoms with Crippen molar-refractivity contribution < 1.29 is 4.74 Å². The maximum absolute atomic E-state index is 6.12. The summed E-state index contributed by atoms with van der Waals surface area (Å²) in [6.07, 6.45) is 26.5. The molecule has 1 heteroatoms. The van der Waals surface area contributed by atoms with Gasteiger partial charge in [-0.15, -0.1) is 0 Å². The third-order valence-electron chi connectivity index (χ3n) is 7.34. The first-order valence-corrected chi connectivity index (χ1v) is 12.4. The lowest BCUT2D eigenvalue weighted by Crippen LogP contribution is -2.28. The minimum Gasteiger partial charge on any atom is -0.378 e. The second kappa shape index (κ2) is 14.0. The highest BCUT2D eigenvalue weighted by Gasteiger charge is 2.30. The molecule has 2 aliphatic carbocycles. The Labute approximate surface area is 165 Å². The van der Waals surface area contributed by atoms with Crippen molar-refractivity contribution in [3.05, 3.63) is 0 Å². The highest BCUT2D eigenvalue weighted by Crippen LogP contribution is 2.41. The van der Waals surface area contributed by atoms with Crippen molar-refractivity contribution in [1.82, 2.24) is 0 Å². The van der Waals surface area contributed by atoms with Gasteiger partial charge < -0.3 is 4.74 Å². The normalized spacial score (nSPS) is 29.8. The Hall–Kier alpha value is -0.0400. The molecule has 0 N–H and O–H groups in total. The Balaban J connectivity index is 1.49. The molecule has 0 aromatic rings. The molecule has 26 heavy (non-hydrogen) atoms. The smallest absolute Gasteiger partial charge is 0.0575 e. The fraction of sp³-hybridized carbons (Fsp3) is 1.00. The van der Waals surface area contributed by atoms with E-state index in [-0.39, 0.29) is 0 Å². The van der Waals surface area contributed by atoms with Gasteiger partial charge in [0.05, 0.1) is 6.10 Å². The molecular formula is C25H48O. The molecule has 0 bridgehead atoms. The second-order valence-electron chi connectivity index (χ2n) is 9.45. The molecule has 2 rings (SSSR count). The molecule has 0 spiro atoms. The highest BCUT2D eigenvalue weighted by molar-refractivity contribution is 4.82. The molecule has 154 valence electrons. The Morgan fingerprint density at radius 2 is 1.12 bits per heavy atom. The fourth-order valence-corrected chi connectivity index (χ4v) is 5.49. The fourth-order valence-electron chi connectivity index (χ4n) is 5.49. The maximum Gasteiger partial charge on any atom is 0.0575 e. The van der Waals surface area contributed by atoms with Gasteiger partial charge in [0.2, 0.25) is 0 Å². The summed E-state index contributed by atoms with van der Waals surface area (Å²) >= 11 is 0. The molecule has 0 unspecified atom stereocenters. The van der Waals surface area contributed by atoms with Gasteiger partial charge >= 0.3 is 0 Å². The van der Waals surface area contributed by atoms with Gasteiger partial charge in [-0.1, -0.05) is 84.5 Å². The number of unbranched alkanes of at least 4 members (excludes halogenated alkanes) is 7. The number of hydrogen-bond acceptors (Lipinski definition) is 1. The molecule has 2 aliphatic rings. The lowest BCUT2D eigenvalue weighted by Gasteiger charge is -2.38. The summed E-state index contributed by atoms with van der Waals surface area (Å²) in [5, 5.41) is 0. The van der Waals surface area contributed by atoms with E-state index in [1.807, 2.05) is 0 Å². The van der Waals surface area contributed by atoms with Crippen LogP contribution in [0.3, 0.4) is 0 Å². The largest absolute Gasteiger partial charge is 0.378 e. The van der Waals surface area contributed by atoms with Crippen LogP contribution in [0.5, 0.6) is 0 Å². The number of hydrogen-bond donors (Lipinski definition) is 0. The van der Waals surface area contributed by atoms with E-state index in [9.17, 15) is 0 Å². The Morgan fingerprint density at radius 1 is 0.577 bits per heavy atom. The summed E-state index contributed by atoms with van der Waals surface area (Å²) in [7, 11) is 0. The van der Waals surface area contributed by atoms with E-state index < -0.39 is 0 Å². The van der Waals surface area contributed by atoms with Crippen molar-refractivity contribution >= 4 is 0 Å². The molecule has 1 nitrogen and oxygen atoms in total. The summed E-state index contributed by atoms with van der Waals surface area (Å²) in [6.45, 7) is 5.59. The predicted octanol–water partition coefficient (Wildman–Crippen LogP) is 8.31. The molecule has 0 aromatic carbocycles. The van der Waals surface area contributed by atoms with Crippen LogP contribution in [0.25, 0.3) is 0 Å². The first kappa shape index (κ1) is 22.3. The Kier molecular flexibility index (Phi) is 12.0. The van der Waals surface area contributed by atoms with Crippen LogP contribution >= 0.6 is 0 Å². The molecule has 2 fully saturated rings. The zero-order valence-electron chi connectivity index (χ0n) is 18.2. The average molecular weight is 365 g/mol. The summed E-state index contributed by atoms with van der Waals surface area (Å²) in [4.78, 5) is 0. The van der Waals surface area contributed by atoms with Crippen LogP contribution in [0, 0.1) is 17.8 Å². The van der Waals surface area contributed by atoms with E-state index in [4.69, 9.17) is 4.74 Å². The van der Waals surface area contributed by atoms with E-state index in [0.29, 0.717) is 6.10 Å². The van der Waals surface area contributed by atoms with Crippen molar-refractivity contribution in [1.29, 1.82) is 0 Å². The van der Waals surface area contributed by atoms with Crippen LogP contribution in [-0.4, -0.2) is 12.7 Å². The standard InChI is InChI=1S/C25H48O/c1-3-5-7-8-9-10-12-22-13-15-23(16-14-22)24-17-19-25(20-18-24)26-21-11-6-4-2/h22-25H,3-21H2,1-2H3. The first-order valence-electron chi connectivity index (χ1n) is 12.4. The molecule has 2 saturated carbocycles. The summed E-state index contributed by atoms with van der Waals surface area (Å²) in [5.74, 6) is 3.15. The van der Waals surface area contributed by atoms with Gasteiger partial charge in [-0.05, 0) is 62.7 Å². The van der Waals surface area contributed by atoms with E-state index in [0.717, 1.165) is 24.4 Å². The van der Waals surface area contributed by atoms with Gasteiger partial charge in [-0.2, -0.15) is 0 Å². The quantitative estimate of drug-likeness (QED) is 0.298. The van der Waals surface area contributed by atoms with Crippen molar-refractivity contribution in [2.75, 3.05) is 6.61 Å². The molecule has 0 amide bonds. The van der Waals surface area contributed by atoms with Crippen LogP contribution in [0.15, 0.2) is 0 Å². The van der Waals surface area contributed by atoms with E-state index >= 15 is 0 Å². The molecule has 0 heterocycles. The van der Waals surface area contributed by atoms with Crippen LogP contribution in [-0.2, 0) is 4.74 Å². The topological polar surface area (TPSA) is 9.23 Å². The molecule has 0 atom stereocenters. The van der Waals surface area contributed by atoms with Crippen molar-refractivity contribution in [2.45, 2.75) is 136 Å². The minimum absolute atomic E-state index is 0.590. The Morgan fingerprint density at radius 3 is 1.77 bits per heavy atom. The van der Waals surface area contributed by atoms with Crippen LogP contribution in [0.4, 0.5) is 0 Å². The van der Waals surface area contributed by atoms with Crippen LogP contribution < -0.4 is 0 Å². The monoisotopic (exact) mass is 364 g/mol. The summed E-state index contributed by atoms with van der Waals surface area (Å²) in [6, 6.07) is 0. The van der Waals surface area contributed by atoms with Gasteiger partial charge in [0, 0.05) is 6.61 Å². The lowest BCUT2D eigenvalue weighted by molar-refractivity contribution is 0.00538. The van der Waals surface area contributed by atoms with Crippen LogP contribution in [0.2, 0.25) is 0 Å². The third-order valence-corrected chi connectivity index (χ3v) is 7.34.